The lowest BCUT2D eigenvalue weighted by atomic mass is 10.0. The molecule has 1 saturated heterocycles. The van der Waals surface area contributed by atoms with Crippen molar-refractivity contribution in [3.8, 4) is 11.3 Å². The smallest absolute Gasteiger partial charge is 0.335 e. The van der Waals surface area contributed by atoms with Gasteiger partial charge in [0, 0.05) is 17.4 Å². The summed E-state index contributed by atoms with van der Waals surface area (Å²) >= 11 is 12.2. The molecular formula is C28H24ClN3O3S. The molecule has 2 N–H and O–H groups in total. The number of nitrogens with one attached hydrogen (secondary N) is 1. The highest BCUT2D eigenvalue weighted by Gasteiger charge is 2.42. The first-order valence-corrected chi connectivity index (χ1v) is 12.4. The average Bonchev–Trinajstić information content (AvgIpc) is 3.49. The summed E-state index contributed by atoms with van der Waals surface area (Å²) in [6, 6.07) is 21.8. The van der Waals surface area contributed by atoms with Crippen LogP contribution in [0.2, 0.25) is 5.02 Å². The molecule has 1 aliphatic heterocycles. The fourth-order valence-corrected chi connectivity index (χ4v) is 5.00. The number of furan rings is 1. The summed E-state index contributed by atoms with van der Waals surface area (Å²) in [6.45, 7) is 4.32. The van der Waals surface area contributed by atoms with Crippen LogP contribution in [-0.4, -0.2) is 21.2 Å². The Kier molecular flexibility index (Phi) is 6.51. The van der Waals surface area contributed by atoms with E-state index in [1.54, 1.807) is 18.3 Å². The molecule has 182 valence electrons. The summed E-state index contributed by atoms with van der Waals surface area (Å²) in [5, 5.41) is 13.8. The molecule has 8 heteroatoms. The topological polar surface area (TPSA) is 78.6 Å². The Bertz CT molecular complexity index is 1420. The average molecular weight is 518 g/mol. The van der Waals surface area contributed by atoms with Crippen LogP contribution in [0.15, 0.2) is 83.4 Å². The molecule has 6 nitrogen and oxygen atoms in total. The molecule has 0 radical (unpaired) electrons. The Morgan fingerprint density at radius 1 is 1.11 bits per heavy atom. The first-order valence-electron chi connectivity index (χ1n) is 11.6. The Morgan fingerprint density at radius 2 is 1.89 bits per heavy atom. The van der Waals surface area contributed by atoms with Gasteiger partial charge in [-0.1, -0.05) is 43.6 Å². The molecule has 0 spiro atoms. The lowest BCUT2D eigenvalue weighted by Crippen LogP contribution is -2.29. The predicted octanol–water partition coefficient (Wildman–Crippen LogP) is 6.99. The van der Waals surface area contributed by atoms with E-state index >= 15 is 0 Å². The van der Waals surface area contributed by atoms with Crippen LogP contribution >= 0.6 is 23.8 Å². The monoisotopic (exact) mass is 517 g/mol. The highest BCUT2D eigenvalue weighted by atomic mass is 35.5. The fourth-order valence-electron chi connectivity index (χ4n) is 4.45. The van der Waals surface area contributed by atoms with Crippen LogP contribution in [-0.2, 0) is 0 Å². The zero-order valence-corrected chi connectivity index (χ0v) is 21.3. The third-order valence-electron chi connectivity index (χ3n) is 6.33. The predicted molar refractivity (Wildman–Crippen MR) is 145 cm³/mol. The lowest BCUT2D eigenvalue weighted by molar-refractivity contribution is 0.0697. The van der Waals surface area contributed by atoms with E-state index in [0.717, 1.165) is 11.4 Å². The van der Waals surface area contributed by atoms with Gasteiger partial charge in [-0.15, -0.1) is 0 Å². The molecule has 0 aliphatic carbocycles. The maximum absolute atomic E-state index is 11.5. The molecule has 2 atom stereocenters. The van der Waals surface area contributed by atoms with Crippen LogP contribution in [0.4, 0.5) is 5.69 Å². The number of pyridine rings is 1. The number of aromatic carboxylic acids is 1. The summed E-state index contributed by atoms with van der Waals surface area (Å²) in [7, 11) is 0. The quantitative estimate of drug-likeness (QED) is 0.267. The van der Waals surface area contributed by atoms with Crippen LogP contribution in [0.1, 0.15) is 59.2 Å². The van der Waals surface area contributed by atoms with Crippen LogP contribution in [0.3, 0.4) is 0 Å². The number of halogens is 1. The molecule has 36 heavy (non-hydrogen) atoms. The van der Waals surface area contributed by atoms with Crippen molar-refractivity contribution in [1.29, 1.82) is 0 Å². The maximum atomic E-state index is 11.5. The van der Waals surface area contributed by atoms with Gasteiger partial charge in [0.1, 0.15) is 17.6 Å². The number of hydrogen-bond donors (Lipinski definition) is 2. The van der Waals surface area contributed by atoms with Crippen molar-refractivity contribution in [2.75, 3.05) is 4.90 Å². The Hall–Kier alpha value is -3.68. The Labute approximate surface area is 219 Å². The molecule has 1 fully saturated rings. The van der Waals surface area contributed by atoms with E-state index in [1.165, 1.54) is 17.7 Å². The highest BCUT2D eigenvalue weighted by Crippen LogP contribution is 2.43. The number of thiocarbonyl (C=S) groups is 1. The molecule has 2 aromatic heterocycles. The molecule has 0 bridgehead atoms. The maximum Gasteiger partial charge on any atom is 0.335 e. The van der Waals surface area contributed by atoms with Crippen LogP contribution in [0.25, 0.3) is 11.3 Å². The van der Waals surface area contributed by atoms with Crippen LogP contribution < -0.4 is 10.2 Å². The van der Waals surface area contributed by atoms with Gasteiger partial charge in [-0.3, -0.25) is 4.98 Å². The second kappa shape index (κ2) is 9.76. The number of rotatable bonds is 6. The van der Waals surface area contributed by atoms with Crippen molar-refractivity contribution in [1.82, 2.24) is 10.3 Å². The second-order valence-corrected chi connectivity index (χ2v) is 9.74. The minimum atomic E-state index is -1.03. The minimum Gasteiger partial charge on any atom is -0.478 e. The van der Waals surface area contributed by atoms with Crippen molar-refractivity contribution >= 4 is 40.6 Å². The minimum absolute atomic E-state index is 0.134. The third kappa shape index (κ3) is 4.47. The summed E-state index contributed by atoms with van der Waals surface area (Å²) in [4.78, 5) is 18.1. The number of aromatic nitrogens is 1. The number of carbonyl (C=O) groups is 1. The van der Waals surface area contributed by atoms with Gasteiger partial charge in [0.05, 0.1) is 22.3 Å². The van der Waals surface area contributed by atoms with E-state index in [2.05, 4.69) is 48.4 Å². The first-order chi connectivity index (χ1) is 17.3. The van der Waals surface area contributed by atoms with Gasteiger partial charge >= 0.3 is 5.97 Å². The van der Waals surface area contributed by atoms with E-state index in [4.69, 9.17) is 28.2 Å². The largest absolute Gasteiger partial charge is 0.478 e. The van der Waals surface area contributed by atoms with Gasteiger partial charge < -0.3 is 19.7 Å². The summed E-state index contributed by atoms with van der Waals surface area (Å²) in [5.74, 6) is 0.513. The number of hydrogen-bond acceptors (Lipinski definition) is 4. The number of anilines is 1. The lowest BCUT2D eigenvalue weighted by Gasteiger charge is -2.26. The summed E-state index contributed by atoms with van der Waals surface area (Å²) < 4.78 is 6.34. The van der Waals surface area contributed by atoms with Gasteiger partial charge in [-0.25, -0.2) is 4.79 Å². The van der Waals surface area contributed by atoms with Crippen LogP contribution in [0, 0.1) is 0 Å². The van der Waals surface area contributed by atoms with E-state index in [9.17, 15) is 9.90 Å². The second-order valence-electron chi connectivity index (χ2n) is 8.94. The van der Waals surface area contributed by atoms with E-state index in [-0.39, 0.29) is 17.6 Å². The Morgan fingerprint density at radius 3 is 2.56 bits per heavy atom. The van der Waals surface area contributed by atoms with Gasteiger partial charge in [0.2, 0.25) is 0 Å². The number of carboxylic acid groups (broad SMARTS) is 1. The molecule has 0 saturated carbocycles. The van der Waals surface area contributed by atoms with Gasteiger partial charge in [-0.2, -0.15) is 0 Å². The van der Waals surface area contributed by atoms with Crippen molar-refractivity contribution in [2.24, 2.45) is 0 Å². The SMILES string of the molecule is CC(C)c1ccc(N2C(=S)N[C@@H](c3ccccn3)[C@@H]2c2ccc(-c3cc(C(=O)O)ccc3Cl)o2)cc1. The van der Waals surface area contributed by atoms with Crippen molar-refractivity contribution < 1.29 is 14.3 Å². The molecule has 0 amide bonds. The molecule has 4 aromatic rings. The Balaban J connectivity index is 1.59. The third-order valence-corrected chi connectivity index (χ3v) is 6.98. The highest BCUT2D eigenvalue weighted by molar-refractivity contribution is 7.80. The summed E-state index contributed by atoms with van der Waals surface area (Å²) in [5.41, 5.74) is 3.65. The zero-order valence-electron chi connectivity index (χ0n) is 19.7. The zero-order chi connectivity index (χ0) is 25.4. The normalized spacial score (nSPS) is 17.4. The van der Waals surface area contributed by atoms with Gasteiger partial charge in [-0.05, 0) is 78.3 Å². The van der Waals surface area contributed by atoms with E-state index < -0.39 is 5.97 Å². The van der Waals surface area contributed by atoms with E-state index in [0.29, 0.717) is 33.1 Å². The van der Waals surface area contributed by atoms with Gasteiger partial charge in [0.25, 0.3) is 0 Å². The first kappa shape index (κ1) is 24.0. The molecule has 5 rings (SSSR count). The molecule has 2 aromatic carbocycles. The van der Waals surface area contributed by atoms with Crippen molar-refractivity contribution in [3.05, 3.63) is 107 Å². The summed E-state index contributed by atoms with van der Waals surface area (Å²) in [6.07, 6.45) is 1.75. The number of nitrogens with zero attached hydrogens (tertiary/aromatic N) is 2. The molecule has 3 heterocycles. The van der Waals surface area contributed by atoms with Crippen molar-refractivity contribution in [2.45, 2.75) is 31.8 Å². The number of carboxylic acids is 1. The molecule has 1 aliphatic rings. The van der Waals surface area contributed by atoms with Gasteiger partial charge in [0.15, 0.2) is 5.11 Å². The number of benzene rings is 2. The van der Waals surface area contributed by atoms with E-state index in [1.807, 2.05) is 29.2 Å². The fraction of sp³-hybridized carbons (Fsp3) is 0.179. The molecule has 0 unspecified atom stereocenters. The van der Waals surface area contributed by atoms with Crippen LogP contribution in [0.5, 0.6) is 0 Å². The standard InChI is InChI=1S/C28H24ClN3O3S/c1-16(2)17-6-9-19(10-7-17)32-26(25(31-28(32)36)22-5-3-4-14-30-22)24-13-12-23(35-24)20-15-18(27(33)34)8-11-21(20)29/h3-16,25-26H,1-2H3,(H,31,36)(H,33,34)/t25-,26-/m0/s1. The van der Waals surface area contributed by atoms with Crippen molar-refractivity contribution in [3.63, 3.8) is 0 Å². The molecular weight excluding hydrogens is 494 g/mol.